The topological polar surface area (TPSA) is 24.8 Å². The van der Waals surface area contributed by atoms with Crippen LogP contribution in [0.3, 0.4) is 0 Å². The van der Waals surface area contributed by atoms with Gasteiger partial charge in [-0.3, -0.25) is 4.90 Å². The van der Waals surface area contributed by atoms with Crippen molar-refractivity contribution < 1.29 is 4.84 Å². The zero-order valence-corrected chi connectivity index (χ0v) is 17.1. The number of rotatable bonds is 5. The van der Waals surface area contributed by atoms with Crippen LogP contribution in [0, 0.1) is 5.92 Å². The number of nitrogens with zero attached hydrogens (tertiary/aromatic N) is 2. The van der Waals surface area contributed by atoms with Gasteiger partial charge in [0.25, 0.3) is 0 Å². The molecule has 3 aromatic carbocycles. The lowest BCUT2D eigenvalue weighted by molar-refractivity contribution is 0.105. The summed E-state index contributed by atoms with van der Waals surface area (Å²) >= 11 is 0. The van der Waals surface area contributed by atoms with Crippen molar-refractivity contribution >= 4 is 5.71 Å². The molecule has 3 atom stereocenters. The minimum Gasteiger partial charge on any atom is -0.391 e. The molecule has 4 rings (SSSR count). The number of hydrogen-bond donors (Lipinski definition) is 0. The summed E-state index contributed by atoms with van der Waals surface area (Å²) < 4.78 is 0. The Kier molecular flexibility index (Phi) is 6.06. The van der Waals surface area contributed by atoms with Crippen molar-refractivity contribution in [3.05, 3.63) is 108 Å². The second-order valence-corrected chi connectivity index (χ2v) is 7.78. The van der Waals surface area contributed by atoms with Crippen LogP contribution in [-0.4, -0.2) is 17.7 Å². The zero-order chi connectivity index (χ0) is 20.1. The van der Waals surface area contributed by atoms with Gasteiger partial charge in [0.1, 0.15) is 6.61 Å². The monoisotopic (exact) mass is 384 g/mol. The molecule has 148 valence electrons. The third-order valence-electron chi connectivity index (χ3n) is 5.91. The fourth-order valence-corrected chi connectivity index (χ4v) is 4.34. The Balaban J connectivity index is 1.62. The molecule has 0 N–H and O–H groups in total. The first-order valence-corrected chi connectivity index (χ1v) is 10.3. The molecule has 0 saturated carbocycles. The third kappa shape index (κ3) is 4.41. The first-order valence-electron chi connectivity index (χ1n) is 10.3. The maximum Gasteiger partial charge on any atom is 0.142 e. The van der Waals surface area contributed by atoms with Gasteiger partial charge in [0, 0.05) is 24.4 Å². The van der Waals surface area contributed by atoms with Crippen LogP contribution in [0.5, 0.6) is 0 Å². The van der Waals surface area contributed by atoms with Crippen molar-refractivity contribution in [2.75, 3.05) is 7.05 Å². The molecule has 1 saturated heterocycles. The molecule has 1 fully saturated rings. The smallest absolute Gasteiger partial charge is 0.142 e. The lowest BCUT2D eigenvalue weighted by Crippen LogP contribution is -2.42. The van der Waals surface area contributed by atoms with E-state index in [4.69, 9.17) is 4.84 Å². The summed E-state index contributed by atoms with van der Waals surface area (Å²) in [7, 11) is 2.23. The fraction of sp³-hybridized carbons (Fsp3) is 0.269. The van der Waals surface area contributed by atoms with E-state index >= 15 is 0 Å². The van der Waals surface area contributed by atoms with Crippen LogP contribution in [0.25, 0.3) is 0 Å². The van der Waals surface area contributed by atoms with Gasteiger partial charge in [0.15, 0.2) is 0 Å². The number of oxime groups is 1. The molecular formula is C26H28N2O. The van der Waals surface area contributed by atoms with Crippen LogP contribution < -0.4 is 0 Å². The van der Waals surface area contributed by atoms with Crippen molar-refractivity contribution in [3.63, 3.8) is 0 Å². The molecule has 3 aromatic rings. The fourth-order valence-electron chi connectivity index (χ4n) is 4.34. The number of benzene rings is 3. The van der Waals surface area contributed by atoms with Crippen LogP contribution >= 0.6 is 0 Å². The number of likely N-dealkylation sites (tertiary alicyclic amines) is 1. The zero-order valence-electron chi connectivity index (χ0n) is 17.1. The lowest BCUT2D eigenvalue weighted by Gasteiger charge is -2.44. The molecule has 0 aliphatic carbocycles. The summed E-state index contributed by atoms with van der Waals surface area (Å²) in [6, 6.07) is 32.2. The predicted octanol–water partition coefficient (Wildman–Crippen LogP) is 6.01. The van der Waals surface area contributed by atoms with Gasteiger partial charge in [-0.05, 0) is 23.7 Å². The summed E-state index contributed by atoms with van der Waals surface area (Å²) in [5, 5.41) is 4.64. The quantitative estimate of drug-likeness (QED) is 0.503. The standard InChI is InChI=1S/C26H28N2O/c1-20-24(27-29-19-21-12-6-3-7-13-21)18-25(22-14-8-4-9-15-22)28(2)26(20)23-16-10-5-11-17-23/h3-17,20,25-26H,18-19H2,1-2H3. The molecule has 1 heterocycles. The Morgan fingerprint density at radius 2 is 1.38 bits per heavy atom. The molecule has 3 unspecified atom stereocenters. The van der Waals surface area contributed by atoms with Crippen molar-refractivity contribution in [1.82, 2.24) is 4.90 Å². The van der Waals surface area contributed by atoms with Crippen LogP contribution in [0.4, 0.5) is 0 Å². The van der Waals surface area contributed by atoms with E-state index in [9.17, 15) is 0 Å². The summed E-state index contributed by atoms with van der Waals surface area (Å²) in [4.78, 5) is 8.29. The predicted molar refractivity (Wildman–Crippen MR) is 119 cm³/mol. The average molecular weight is 385 g/mol. The van der Waals surface area contributed by atoms with E-state index < -0.39 is 0 Å². The molecule has 3 nitrogen and oxygen atoms in total. The van der Waals surface area contributed by atoms with E-state index in [2.05, 4.69) is 96.8 Å². The summed E-state index contributed by atoms with van der Waals surface area (Å²) in [6.07, 6.45) is 0.875. The number of piperidine rings is 1. The van der Waals surface area contributed by atoms with Crippen LogP contribution in [0.2, 0.25) is 0 Å². The maximum atomic E-state index is 5.80. The average Bonchev–Trinajstić information content (AvgIpc) is 2.77. The highest BCUT2D eigenvalue weighted by Gasteiger charge is 2.38. The summed E-state index contributed by atoms with van der Waals surface area (Å²) in [6.45, 7) is 2.76. The Morgan fingerprint density at radius 3 is 2.00 bits per heavy atom. The van der Waals surface area contributed by atoms with Gasteiger partial charge in [-0.2, -0.15) is 0 Å². The van der Waals surface area contributed by atoms with E-state index in [0.717, 1.165) is 17.7 Å². The van der Waals surface area contributed by atoms with Crippen LogP contribution in [0.15, 0.2) is 96.2 Å². The van der Waals surface area contributed by atoms with E-state index in [1.54, 1.807) is 0 Å². The van der Waals surface area contributed by atoms with Gasteiger partial charge in [0.05, 0.1) is 5.71 Å². The van der Waals surface area contributed by atoms with E-state index in [-0.39, 0.29) is 18.0 Å². The Morgan fingerprint density at radius 1 is 0.828 bits per heavy atom. The minimum atomic E-state index is 0.259. The molecular weight excluding hydrogens is 356 g/mol. The van der Waals surface area contributed by atoms with Crippen molar-refractivity contribution in [2.45, 2.75) is 32.0 Å². The second kappa shape index (κ2) is 9.06. The normalized spacial score (nSPS) is 23.8. The van der Waals surface area contributed by atoms with Crippen molar-refractivity contribution in [1.29, 1.82) is 0 Å². The highest BCUT2D eigenvalue weighted by molar-refractivity contribution is 5.88. The van der Waals surface area contributed by atoms with Gasteiger partial charge in [-0.25, -0.2) is 0 Å². The molecule has 1 aliphatic heterocycles. The molecule has 0 aromatic heterocycles. The largest absolute Gasteiger partial charge is 0.391 e. The molecule has 1 aliphatic rings. The van der Waals surface area contributed by atoms with Gasteiger partial charge < -0.3 is 4.84 Å². The van der Waals surface area contributed by atoms with Crippen molar-refractivity contribution in [3.8, 4) is 0 Å². The Labute approximate surface area is 173 Å². The van der Waals surface area contributed by atoms with Gasteiger partial charge in [-0.1, -0.05) is 103 Å². The molecule has 29 heavy (non-hydrogen) atoms. The van der Waals surface area contributed by atoms with Gasteiger partial charge in [-0.15, -0.1) is 0 Å². The van der Waals surface area contributed by atoms with E-state index in [1.165, 1.54) is 11.1 Å². The minimum absolute atomic E-state index is 0.259. The molecule has 0 bridgehead atoms. The van der Waals surface area contributed by atoms with E-state index in [1.807, 2.05) is 18.2 Å². The number of hydrogen-bond acceptors (Lipinski definition) is 3. The second-order valence-electron chi connectivity index (χ2n) is 7.78. The van der Waals surface area contributed by atoms with E-state index in [0.29, 0.717) is 6.61 Å². The molecule has 0 amide bonds. The summed E-state index contributed by atoms with van der Waals surface area (Å²) in [5.74, 6) is 0.276. The summed E-state index contributed by atoms with van der Waals surface area (Å²) in [5.41, 5.74) is 4.90. The molecule has 0 radical (unpaired) electrons. The highest BCUT2D eigenvalue weighted by Crippen LogP contribution is 2.42. The van der Waals surface area contributed by atoms with Crippen LogP contribution in [-0.2, 0) is 11.4 Å². The maximum absolute atomic E-state index is 5.80. The van der Waals surface area contributed by atoms with Gasteiger partial charge in [0.2, 0.25) is 0 Å². The highest BCUT2D eigenvalue weighted by atomic mass is 16.6. The SMILES string of the molecule is CC1C(=NOCc2ccccc2)CC(c2ccccc2)N(C)C1c1ccccc1. The third-order valence-corrected chi connectivity index (χ3v) is 5.91. The van der Waals surface area contributed by atoms with Crippen LogP contribution in [0.1, 0.15) is 42.1 Å². The molecule has 0 spiro atoms. The Bertz CT molecular complexity index is 925. The lowest BCUT2D eigenvalue weighted by atomic mass is 9.80. The molecule has 3 heteroatoms. The van der Waals surface area contributed by atoms with Crippen molar-refractivity contribution in [2.24, 2.45) is 11.1 Å². The van der Waals surface area contributed by atoms with Gasteiger partial charge >= 0.3 is 0 Å². The first-order chi connectivity index (χ1) is 14.2. The first kappa shape index (κ1) is 19.4. The Hall–Kier alpha value is -2.91.